The van der Waals surface area contributed by atoms with Crippen molar-refractivity contribution in [1.82, 2.24) is 0 Å². The Kier molecular flexibility index (Phi) is 5.97. The van der Waals surface area contributed by atoms with E-state index in [-0.39, 0.29) is 12.2 Å². The van der Waals surface area contributed by atoms with Gasteiger partial charge in [0.2, 0.25) is 0 Å². The fourth-order valence-electron chi connectivity index (χ4n) is 1.98. The highest BCUT2D eigenvalue weighted by Gasteiger charge is 2.25. The third kappa shape index (κ3) is 4.81. The average Bonchev–Trinajstić information content (AvgIpc) is 3.18. The Labute approximate surface area is 130 Å². The number of hydrogen-bond acceptors (Lipinski definition) is 3. The molecule has 0 amide bonds. The second kappa shape index (κ2) is 7.51. The van der Waals surface area contributed by atoms with Crippen LogP contribution in [0.25, 0.3) is 0 Å². The van der Waals surface area contributed by atoms with Gasteiger partial charge in [-0.25, -0.2) is 0 Å². The summed E-state index contributed by atoms with van der Waals surface area (Å²) < 4.78 is 16.6. The maximum absolute atomic E-state index is 6.26. The lowest BCUT2D eigenvalue weighted by atomic mass is 10.1. The summed E-state index contributed by atoms with van der Waals surface area (Å²) in [5.41, 5.74) is 1.01. The molecule has 1 aliphatic heterocycles. The molecule has 1 saturated heterocycles. The topological polar surface area (TPSA) is 31.0 Å². The molecule has 1 aromatic carbocycles. The molecule has 1 heterocycles. The molecule has 0 N–H and O–H groups in total. The Bertz CT molecular complexity index is 447. The van der Waals surface area contributed by atoms with Gasteiger partial charge in [-0.1, -0.05) is 23.2 Å². The van der Waals surface area contributed by atoms with Gasteiger partial charge in [0.1, 0.15) is 5.75 Å². The fourth-order valence-corrected chi connectivity index (χ4v) is 2.56. The second-order valence-electron chi connectivity index (χ2n) is 4.95. The molecule has 3 nitrogen and oxygen atoms in total. The van der Waals surface area contributed by atoms with Crippen molar-refractivity contribution < 1.29 is 14.2 Å². The summed E-state index contributed by atoms with van der Waals surface area (Å²) in [5.74, 6) is 0.718. The zero-order chi connectivity index (χ0) is 14.5. The maximum Gasteiger partial charge on any atom is 0.141 e. The Morgan fingerprint density at radius 1 is 1.40 bits per heavy atom. The first-order valence-corrected chi connectivity index (χ1v) is 7.69. The van der Waals surface area contributed by atoms with Crippen molar-refractivity contribution in [2.75, 3.05) is 19.8 Å². The Balaban J connectivity index is 2.04. The van der Waals surface area contributed by atoms with Crippen molar-refractivity contribution in [1.29, 1.82) is 0 Å². The number of ether oxygens (including phenoxy) is 3. The van der Waals surface area contributed by atoms with Gasteiger partial charge in [-0.3, -0.25) is 0 Å². The van der Waals surface area contributed by atoms with E-state index in [0.29, 0.717) is 16.7 Å². The molecule has 0 aromatic heterocycles. The van der Waals surface area contributed by atoms with Crippen LogP contribution in [0.3, 0.4) is 0 Å². The van der Waals surface area contributed by atoms with Crippen LogP contribution in [0, 0.1) is 0 Å². The lowest BCUT2D eigenvalue weighted by Crippen LogP contribution is -2.16. The smallest absolute Gasteiger partial charge is 0.141 e. The molecule has 1 fully saturated rings. The predicted molar refractivity (Wildman–Crippen MR) is 81.1 cm³/mol. The number of rotatable bonds is 8. The van der Waals surface area contributed by atoms with Gasteiger partial charge in [0.15, 0.2) is 0 Å². The molecular formula is C15H20Cl2O3. The molecule has 0 bridgehead atoms. The Hall–Kier alpha value is -0.480. The molecule has 20 heavy (non-hydrogen) atoms. The minimum Gasteiger partial charge on any atom is -0.489 e. The summed E-state index contributed by atoms with van der Waals surface area (Å²) in [6.45, 7) is 6.20. The molecule has 1 aliphatic rings. The van der Waals surface area contributed by atoms with Gasteiger partial charge >= 0.3 is 0 Å². The van der Waals surface area contributed by atoms with E-state index in [9.17, 15) is 0 Å². The van der Waals surface area contributed by atoms with Crippen LogP contribution in [0.4, 0.5) is 0 Å². The lowest BCUT2D eigenvalue weighted by molar-refractivity contribution is 0.106. The number of hydrogen-bond donors (Lipinski definition) is 0. The Morgan fingerprint density at radius 2 is 2.15 bits per heavy atom. The summed E-state index contributed by atoms with van der Waals surface area (Å²) in [7, 11) is 0. The van der Waals surface area contributed by atoms with Gasteiger partial charge in [-0.15, -0.1) is 0 Å². The predicted octanol–water partition coefficient (Wildman–Crippen LogP) is 4.13. The van der Waals surface area contributed by atoms with E-state index in [1.54, 1.807) is 6.07 Å². The lowest BCUT2D eigenvalue weighted by Gasteiger charge is -2.19. The summed E-state index contributed by atoms with van der Waals surface area (Å²) in [4.78, 5) is 0. The number of halogens is 2. The van der Waals surface area contributed by atoms with Crippen LogP contribution in [0.2, 0.25) is 10.0 Å². The molecule has 0 radical (unpaired) electrons. The highest BCUT2D eigenvalue weighted by molar-refractivity contribution is 6.35. The zero-order valence-electron chi connectivity index (χ0n) is 11.8. The normalized spacial score (nSPS) is 18.9. The molecule has 0 saturated carbocycles. The third-order valence-corrected chi connectivity index (χ3v) is 3.63. The van der Waals surface area contributed by atoms with E-state index in [1.807, 2.05) is 19.9 Å². The van der Waals surface area contributed by atoms with Crippen LogP contribution in [0.15, 0.2) is 12.1 Å². The largest absolute Gasteiger partial charge is 0.489 e. The highest BCUT2D eigenvalue weighted by atomic mass is 35.5. The third-order valence-electron chi connectivity index (χ3n) is 3.13. The van der Waals surface area contributed by atoms with Gasteiger partial charge in [0.25, 0.3) is 0 Å². The van der Waals surface area contributed by atoms with Crippen molar-refractivity contribution in [2.24, 2.45) is 0 Å². The van der Waals surface area contributed by atoms with Crippen molar-refractivity contribution in [3.8, 4) is 5.75 Å². The number of epoxide rings is 1. The monoisotopic (exact) mass is 318 g/mol. The quantitative estimate of drug-likeness (QED) is 0.533. The summed E-state index contributed by atoms with van der Waals surface area (Å²) in [5, 5.41) is 1.18. The van der Waals surface area contributed by atoms with Gasteiger partial charge in [0, 0.05) is 24.5 Å². The van der Waals surface area contributed by atoms with Crippen LogP contribution < -0.4 is 4.74 Å². The molecule has 1 aromatic rings. The molecule has 0 spiro atoms. The average molecular weight is 319 g/mol. The van der Waals surface area contributed by atoms with Gasteiger partial charge in [-0.05, 0) is 31.5 Å². The van der Waals surface area contributed by atoms with E-state index in [0.717, 1.165) is 37.4 Å². The van der Waals surface area contributed by atoms with Crippen LogP contribution >= 0.6 is 23.2 Å². The van der Waals surface area contributed by atoms with Gasteiger partial charge in [0.05, 0.1) is 30.4 Å². The van der Waals surface area contributed by atoms with E-state index in [2.05, 4.69) is 0 Å². The summed E-state index contributed by atoms with van der Waals surface area (Å²) in [6.07, 6.45) is 1.92. The fraction of sp³-hybridized carbons (Fsp3) is 0.600. The minimum absolute atomic E-state index is 0.0408. The van der Waals surface area contributed by atoms with E-state index in [1.165, 1.54) is 0 Å². The van der Waals surface area contributed by atoms with E-state index in [4.69, 9.17) is 37.4 Å². The van der Waals surface area contributed by atoms with Crippen molar-refractivity contribution >= 4 is 23.2 Å². The molecule has 5 heteroatoms. The first-order valence-electron chi connectivity index (χ1n) is 6.94. The SMILES string of the molecule is CCOCCC(C)Oc1c(Cl)cc(Cl)cc1CC1CO1. The van der Waals surface area contributed by atoms with Crippen LogP contribution in [0.1, 0.15) is 25.8 Å². The minimum atomic E-state index is 0.0408. The van der Waals surface area contributed by atoms with Crippen molar-refractivity contribution in [3.05, 3.63) is 27.7 Å². The van der Waals surface area contributed by atoms with E-state index < -0.39 is 0 Å². The first kappa shape index (κ1) is 15.9. The molecule has 2 rings (SSSR count). The standard InChI is InChI=1S/C15H20Cl2O3/c1-3-18-5-4-10(2)20-15-11(7-13-9-19-13)6-12(16)8-14(15)17/h6,8,10,13H,3-5,7,9H2,1-2H3. The van der Waals surface area contributed by atoms with E-state index >= 15 is 0 Å². The van der Waals surface area contributed by atoms with Crippen LogP contribution in [-0.2, 0) is 15.9 Å². The van der Waals surface area contributed by atoms with Crippen LogP contribution in [0.5, 0.6) is 5.75 Å². The maximum atomic E-state index is 6.26. The first-order chi connectivity index (χ1) is 9.60. The summed E-state index contributed by atoms with van der Waals surface area (Å²) in [6, 6.07) is 3.62. The van der Waals surface area contributed by atoms with Gasteiger partial charge < -0.3 is 14.2 Å². The molecule has 2 unspecified atom stereocenters. The highest BCUT2D eigenvalue weighted by Crippen LogP contribution is 2.35. The Morgan fingerprint density at radius 3 is 2.80 bits per heavy atom. The summed E-state index contributed by atoms with van der Waals surface area (Å²) >= 11 is 12.3. The number of benzene rings is 1. The zero-order valence-corrected chi connectivity index (χ0v) is 13.3. The van der Waals surface area contributed by atoms with Crippen LogP contribution in [-0.4, -0.2) is 32.0 Å². The second-order valence-corrected chi connectivity index (χ2v) is 5.79. The van der Waals surface area contributed by atoms with Crippen molar-refractivity contribution in [3.63, 3.8) is 0 Å². The van der Waals surface area contributed by atoms with Crippen molar-refractivity contribution in [2.45, 2.75) is 38.9 Å². The molecule has 112 valence electrons. The molecule has 2 atom stereocenters. The van der Waals surface area contributed by atoms with Gasteiger partial charge in [-0.2, -0.15) is 0 Å². The molecule has 0 aliphatic carbocycles. The molecular weight excluding hydrogens is 299 g/mol.